The topological polar surface area (TPSA) is 76.1 Å². The zero-order chi connectivity index (χ0) is 21.8. The number of ketones is 1. The van der Waals surface area contributed by atoms with Crippen LogP contribution in [0.2, 0.25) is 0 Å². The highest BCUT2D eigenvalue weighted by molar-refractivity contribution is 6.46. The Balaban J connectivity index is 2.23. The number of likely N-dealkylation sites (tertiary alicyclic amines) is 1. The molecular weight excluding hydrogens is 382 g/mol. The average molecular weight is 409 g/mol. The zero-order valence-electron chi connectivity index (χ0n) is 17.8. The predicted molar refractivity (Wildman–Crippen MR) is 115 cm³/mol. The summed E-state index contributed by atoms with van der Waals surface area (Å²) in [5, 5.41) is 11.2. The summed E-state index contributed by atoms with van der Waals surface area (Å²) in [5.41, 5.74) is 2.06. The number of rotatable bonds is 7. The number of benzene rings is 2. The third-order valence-corrected chi connectivity index (χ3v) is 5.10. The van der Waals surface area contributed by atoms with Crippen LogP contribution in [0.5, 0.6) is 11.5 Å². The second kappa shape index (κ2) is 9.03. The summed E-state index contributed by atoms with van der Waals surface area (Å²) < 4.78 is 11.0. The molecule has 1 heterocycles. The maximum absolute atomic E-state index is 13.0. The summed E-state index contributed by atoms with van der Waals surface area (Å²) in [7, 11) is 1.50. The van der Waals surface area contributed by atoms with Crippen LogP contribution in [0.15, 0.2) is 48.0 Å². The maximum Gasteiger partial charge on any atom is 0.295 e. The van der Waals surface area contributed by atoms with E-state index in [9.17, 15) is 14.7 Å². The highest BCUT2D eigenvalue weighted by atomic mass is 16.5. The fourth-order valence-electron chi connectivity index (χ4n) is 3.79. The molecule has 3 rings (SSSR count). The lowest BCUT2D eigenvalue weighted by molar-refractivity contribution is -0.139. The highest BCUT2D eigenvalue weighted by Gasteiger charge is 2.46. The molecule has 0 aromatic heterocycles. The molecule has 1 aliphatic heterocycles. The van der Waals surface area contributed by atoms with Crippen LogP contribution >= 0.6 is 0 Å². The second-order valence-electron chi connectivity index (χ2n) is 7.20. The van der Waals surface area contributed by atoms with E-state index < -0.39 is 17.7 Å². The number of aliphatic hydroxyl groups excluding tert-OH is 1. The quantitative estimate of drug-likeness (QED) is 0.421. The number of nitrogens with zero attached hydrogens (tertiary/aromatic N) is 1. The SMILES string of the molecule is CCCN1C(=O)C(=O)/C(=C(/O)c2cc(C)ccc2OC)C1c1cccc(OCC)c1. The maximum atomic E-state index is 13.0. The van der Waals surface area contributed by atoms with Crippen LogP contribution in [0.4, 0.5) is 0 Å². The van der Waals surface area contributed by atoms with Crippen molar-refractivity contribution in [3.8, 4) is 11.5 Å². The number of aliphatic hydroxyl groups is 1. The lowest BCUT2D eigenvalue weighted by Crippen LogP contribution is -2.30. The fraction of sp³-hybridized carbons (Fsp3) is 0.333. The number of carbonyl (C=O) groups excluding carboxylic acids is 2. The van der Waals surface area contributed by atoms with Crippen molar-refractivity contribution in [3.63, 3.8) is 0 Å². The Bertz CT molecular complexity index is 995. The van der Waals surface area contributed by atoms with Crippen LogP contribution in [0, 0.1) is 6.92 Å². The van der Waals surface area contributed by atoms with E-state index >= 15 is 0 Å². The van der Waals surface area contributed by atoms with Gasteiger partial charge in [0.05, 0.1) is 30.9 Å². The van der Waals surface area contributed by atoms with Crippen molar-refractivity contribution < 1.29 is 24.2 Å². The Morgan fingerprint density at radius 2 is 1.90 bits per heavy atom. The Labute approximate surface area is 176 Å². The van der Waals surface area contributed by atoms with Gasteiger partial charge in [-0.25, -0.2) is 0 Å². The molecular formula is C24H27NO5. The first kappa shape index (κ1) is 21.4. The minimum absolute atomic E-state index is 0.0611. The van der Waals surface area contributed by atoms with Gasteiger partial charge in [0.1, 0.15) is 17.3 Å². The van der Waals surface area contributed by atoms with Crippen LogP contribution in [-0.2, 0) is 9.59 Å². The van der Waals surface area contributed by atoms with E-state index in [4.69, 9.17) is 9.47 Å². The summed E-state index contributed by atoms with van der Waals surface area (Å²) in [4.78, 5) is 27.3. The van der Waals surface area contributed by atoms with Gasteiger partial charge >= 0.3 is 0 Å². The van der Waals surface area contributed by atoms with Gasteiger partial charge in [0, 0.05) is 6.54 Å². The minimum atomic E-state index is -0.699. The number of methoxy groups -OCH3 is 1. The van der Waals surface area contributed by atoms with Crippen molar-refractivity contribution in [2.75, 3.05) is 20.3 Å². The summed E-state index contributed by atoms with van der Waals surface area (Å²) in [6.07, 6.45) is 0.683. The Kier molecular flexibility index (Phi) is 6.45. The Morgan fingerprint density at radius 3 is 2.57 bits per heavy atom. The van der Waals surface area contributed by atoms with E-state index in [1.807, 2.05) is 51.1 Å². The lowest BCUT2D eigenvalue weighted by Gasteiger charge is -2.25. The number of amides is 1. The van der Waals surface area contributed by atoms with E-state index in [1.165, 1.54) is 12.0 Å². The summed E-state index contributed by atoms with van der Waals surface area (Å²) in [6, 6.07) is 11.9. The van der Waals surface area contributed by atoms with Gasteiger partial charge in [0.2, 0.25) is 0 Å². The molecule has 2 aromatic carbocycles. The molecule has 0 spiro atoms. The number of Topliss-reactive ketones (excluding diaryl/α,β-unsaturated/α-hetero) is 1. The van der Waals surface area contributed by atoms with Gasteiger partial charge < -0.3 is 19.5 Å². The molecule has 1 saturated heterocycles. The molecule has 158 valence electrons. The second-order valence-corrected chi connectivity index (χ2v) is 7.20. The third kappa shape index (κ3) is 3.90. The number of hydrogen-bond acceptors (Lipinski definition) is 5. The van der Waals surface area contributed by atoms with Crippen molar-refractivity contribution in [3.05, 3.63) is 64.7 Å². The first-order valence-corrected chi connectivity index (χ1v) is 10.1. The Hall–Kier alpha value is -3.28. The van der Waals surface area contributed by atoms with Gasteiger partial charge in [-0.15, -0.1) is 0 Å². The molecule has 30 heavy (non-hydrogen) atoms. The van der Waals surface area contributed by atoms with E-state index in [0.29, 0.717) is 42.2 Å². The lowest BCUT2D eigenvalue weighted by atomic mass is 9.94. The molecule has 1 N–H and O–H groups in total. The van der Waals surface area contributed by atoms with Gasteiger partial charge in [-0.3, -0.25) is 9.59 Å². The predicted octanol–water partition coefficient (Wildman–Crippen LogP) is 4.23. The molecule has 2 aromatic rings. The van der Waals surface area contributed by atoms with E-state index in [-0.39, 0.29) is 11.3 Å². The van der Waals surface area contributed by atoms with Crippen LogP contribution in [0.1, 0.15) is 43.0 Å². The molecule has 1 fully saturated rings. The first-order chi connectivity index (χ1) is 14.4. The smallest absolute Gasteiger partial charge is 0.295 e. The number of carbonyl (C=O) groups is 2. The van der Waals surface area contributed by atoms with Gasteiger partial charge in [-0.05, 0) is 50.1 Å². The first-order valence-electron chi connectivity index (χ1n) is 10.1. The molecule has 1 atom stereocenters. The van der Waals surface area contributed by atoms with Crippen LogP contribution in [0.25, 0.3) is 5.76 Å². The molecule has 1 unspecified atom stereocenters. The van der Waals surface area contributed by atoms with E-state index in [2.05, 4.69) is 0 Å². The molecule has 6 nitrogen and oxygen atoms in total. The molecule has 0 saturated carbocycles. The van der Waals surface area contributed by atoms with Crippen molar-refractivity contribution in [1.29, 1.82) is 0 Å². The molecule has 1 aliphatic rings. The largest absolute Gasteiger partial charge is 0.507 e. The standard InChI is InChI=1S/C24H27NO5/c1-5-12-25-21(16-8-7-9-17(14-16)30-6-2)20(23(27)24(25)28)22(26)18-13-15(3)10-11-19(18)29-4/h7-11,13-14,21,26H,5-6,12H2,1-4H3/b22-20+. The van der Waals surface area contributed by atoms with Crippen molar-refractivity contribution >= 4 is 17.4 Å². The van der Waals surface area contributed by atoms with E-state index in [0.717, 1.165) is 5.56 Å². The van der Waals surface area contributed by atoms with Crippen LogP contribution in [0.3, 0.4) is 0 Å². The van der Waals surface area contributed by atoms with Gasteiger partial charge in [-0.1, -0.05) is 30.7 Å². The number of aryl methyl sites for hydroxylation is 1. The molecule has 0 aliphatic carbocycles. The van der Waals surface area contributed by atoms with Crippen molar-refractivity contribution in [2.24, 2.45) is 0 Å². The van der Waals surface area contributed by atoms with Crippen molar-refractivity contribution in [1.82, 2.24) is 4.90 Å². The van der Waals surface area contributed by atoms with Gasteiger partial charge in [0.15, 0.2) is 0 Å². The fourth-order valence-corrected chi connectivity index (χ4v) is 3.79. The zero-order valence-corrected chi connectivity index (χ0v) is 17.8. The van der Waals surface area contributed by atoms with Crippen LogP contribution in [-0.4, -0.2) is 42.0 Å². The van der Waals surface area contributed by atoms with E-state index in [1.54, 1.807) is 12.1 Å². The monoisotopic (exact) mass is 409 g/mol. The van der Waals surface area contributed by atoms with Gasteiger partial charge in [0.25, 0.3) is 11.7 Å². The van der Waals surface area contributed by atoms with Gasteiger partial charge in [-0.2, -0.15) is 0 Å². The average Bonchev–Trinajstić information content (AvgIpc) is 2.99. The van der Waals surface area contributed by atoms with Crippen molar-refractivity contribution in [2.45, 2.75) is 33.2 Å². The Morgan fingerprint density at radius 1 is 1.13 bits per heavy atom. The molecule has 0 bridgehead atoms. The number of ether oxygens (including phenoxy) is 2. The third-order valence-electron chi connectivity index (χ3n) is 5.10. The summed E-state index contributed by atoms with van der Waals surface area (Å²) in [6.45, 7) is 6.61. The molecule has 0 radical (unpaired) electrons. The highest BCUT2D eigenvalue weighted by Crippen LogP contribution is 2.41. The van der Waals surface area contributed by atoms with Crippen LogP contribution < -0.4 is 9.47 Å². The molecule has 1 amide bonds. The normalized spacial score (nSPS) is 18.0. The summed E-state index contributed by atoms with van der Waals surface area (Å²) in [5.74, 6) is -0.473. The number of hydrogen-bond donors (Lipinski definition) is 1. The minimum Gasteiger partial charge on any atom is -0.507 e. The summed E-state index contributed by atoms with van der Waals surface area (Å²) >= 11 is 0. The molecule has 6 heteroatoms.